The van der Waals surface area contributed by atoms with E-state index in [0.717, 1.165) is 18.4 Å². The average molecular weight is 290 g/mol. The predicted molar refractivity (Wildman–Crippen MR) is 79.4 cm³/mol. The van der Waals surface area contributed by atoms with E-state index in [9.17, 15) is 9.59 Å². The van der Waals surface area contributed by atoms with Gasteiger partial charge in [0.25, 0.3) is 0 Å². The zero-order valence-electron chi connectivity index (χ0n) is 12.8. The molecule has 1 aliphatic heterocycles. The molecular formula is C17H22O4. The van der Waals surface area contributed by atoms with Gasteiger partial charge >= 0.3 is 11.9 Å². The van der Waals surface area contributed by atoms with Crippen LogP contribution in [-0.2, 0) is 19.1 Å². The molecule has 0 saturated carbocycles. The van der Waals surface area contributed by atoms with E-state index in [1.165, 1.54) is 12.5 Å². The van der Waals surface area contributed by atoms with E-state index in [0.29, 0.717) is 12.0 Å². The number of carbonyl (C=O) groups is 2. The van der Waals surface area contributed by atoms with E-state index < -0.39 is 12.1 Å². The molecule has 0 N–H and O–H groups in total. The summed E-state index contributed by atoms with van der Waals surface area (Å²) in [5.74, 6) is -1.05. The number of rotatable bonds is 1. The third kappa shape index (κ3) is 3.63. The first kappa shape index (κ1) is 15.5. The third-order valence-corrected chi connectivity index (χ3v) is 3.98. The quantitative estimate of drug-likeness (QED) is 0.423. The fourth-order valence-electron chi connectivity index (χ4n) is 2.95. The molecule has 0 aromatic carbocycles. The van der Waals surface area contributed by atoms with Crippen LogP contribution >= 0.6 is 0 Å². The summed E-state index contributed by atoms with van der Waals surface area (Å²) in [6.45, 7) is 9.27. The van der Waals surface area contributed by atoms with Crippen molar-refractivity contribution in [1.82, 2.24) is 0 Å². The van der Waals surface area contributed by atoms with Gasteiger partial charge in [0.05, 0.1) is 5.92 Å². The average Bonchev–Trinajstić information content (AvgIpc) is 2.62. The van der Waals surface area contributed by atoms with Gasteiger partial charge in [-0.25, -0.2) is 4.79 Å². The molecule has 0 unspecified atom stereocenters. The van der Waals surface area contributed by atoms with Crippen LogP contribution < -0.4 is 0 Å². The van der Waals surface area contributed by atoms with Crippen molar-refractivity contribution in [2.45, 2.75) is 52.2 Å². The van der Waals surface area contributed by atoms with Crippen LogP contribution in [0.15, 0.2) is 35.5 Å². The van der Waals surface area contributed by atoms with Crippen molar-refractivity contribution in [2.75, 3.05) is 0 Å². The lowest BCUT2D eigenvalue weighted by molar-refractivity contribution is -0.149. The maximum absolute atomic E-state index is 11.9. The van der Waals surface area contributed by atoms with Gasteiger partial charge in [0, 0.05) is 18.9 Å². The molecule has 0 aromatic heterocycles. The Morgan fingerprint density at radius 1 is 1.38 bits per heavy atom. The van der Waals surface area contributed by atoms with Gasteiger partial charge in [-0.15, -0.1) is 0 Å². The van der Waals surface area contributed by atoms with Crippen LogP contribution in [-0.4, -0.2) is 24.1 Å². The van der Waals surface area contributed by atoms with Gasteiger partial charge in [-0.05, 0) is 32.8 Å². The molecular weight excluding hydrogens is 268 g/mol. The van der Waals surface area contributed by atoms with E-state index in [1.807, 2.05) is 19.9 Å². The lowest BCUT2D eigenvalue weighted by Crippen LogP contribution is -2.32. The Morgan fingerprint density at radius 2 is 2.10 bits per heavy atom. The second-order valence-corrected chi connectivity index (χ2v) is 5.88. The van der Waals surface area contributed by atoms with Crippen LogP contribution in [0.5, 0.6) is 0 Å². The number of esters is 2. The summed E-state index contributed by atoms with van der Waals surface area (Å²) in [4.78, 5) is 23.2. The van der Waals surface area contributed by atoms with Crippen molar-refractivity contribution < 1.29 is 19.1 Å². The molecule has 0 bridgehead atoms. The number of ether oxygens (including phenoxy) is 2. The minimum atomic E-state index is -0.412. The highest BCUT2D eigenvalue weighted by molar-refractivity contribution is 5.91. The van der Waals surface area contributed by atoms with E-state index in [4.69, 9.17) is 9.47 Å². The van der Waals surface area contributed by atoms with Gasteiger partial charge in [0.15, 0.2) is 0 Å². The molecule has 1 fully saturated rings. The number of fused-ring (bicyclic) bond motifs is 1. The number of carbonyl (C=O) groups excluding carboxylic acids is 2. The highest BCUT2D eigenvalue weighted by Crippen LogP contribution is 2.36. The summed E-state index contributed by atoms with van der Waals surface area (Å²) >= 11 is 0. The minimum Gasteiger partial charge on any atom is -0.461 e. The predicted octanol–water partition coefficient (Wildman–Crippen LogP) is 3.09. The molecule has 21 heavy (non-hydrogen) atoms. The van der Waals surface area contributed by atoms with Gasteiger partial charge in [-0.2, -0.15) is 0 Å². The Labute approximate surface area is 125 Å². The van der Waals surface area contributed by atoms with Crippen LogP contribution in [0, 0.1) is 5.92 Å². The standard InChI is InChI=1S/C17H22O4/c1-10-6-5-7-11(2)9-15-16(12(3)17(19)21-15)14(8-10)20-13(4)18/h6,9,14-16H,3,5,7-8H2,1-2,4H3/b10-6+,11-9+/t14-,15+,16-/m1/s1. The van der Waals surface area contributed by atoms with Crippen molar-refractivity contribution in [3.05, 3.63) is 35.5 Å². The monoisotopic (exact) mass is 290 g/mol. The van der Waals surface area contributed by atoms with Crippen molar-refractivity contribution >= 4 is 11.9 Å². The van der Waals surface area contributed by atoms with E-state index in [2.05, 4.69) is 12.7 Å². The van der Waals surface area contributed by atoms with Crippen LogP contribution in [0.2, 0.25) is 0 Å². The fourth-order valence-corrected chi connectivity index (χ4v) is 2.95. The van der Waals surface area contributed by atoms with Crippen LogP contribution in [0.3, 0.4) is 0 Å². The molecule has 1 saturated heterocycles. The van der Waals surface area contributed by atoms with Gasteiger partial charge in [0.1, 0.15) is 12.2 Å². The molecule has 2 rings (SSSR count). The molecule has 0 radical (unpaired) electrons. The van der Waals surface area contributed by atoms with E-state index >= 15 is 0 Å². The van der Waals surface area contributed by atoms with Crippen LogP contribution in [0.25, 0.3) is 0 Å². The Hall–Kier alpha value is -1.84. The Morgan fingerprint density at radius 3 is 2.76 bits per heavy atom. The second-order valence-electron chi connectivity index (χ2n) is 5.88. The molecule has 0 amide bonds. The van der Waals surface area contributed by atoms with Gasteiger partial charge in [-0.1, -0.05) is 23.8 Å². The fraction of sp³-hybridized carbons (Fsp3) is 0.529. The third-order valence-electron chi connectivity index (χ3n) is 3.98. The van der Waals surface area contributed by atoms with Gasteiger partial charge < -0.3 is 9.47 Å². The summed E-state index contributed by atoms with van der Waals surface area (Å²) in [7, 11) is 0. The summed E-state index contributed by atoms with van der Waals surface area (Å²) in [6.07, 6.45) is 5.80. The first-order chi connectivity index (χ1) is 9.88. The minimum absolute atomic E-state index is 0.308. The zero-order valence-corrected chi connectivity index (χ0v) is 12.8. The summed E-state index contributed by atoms with van der Waals surface area (Å²) in [5, 5.41) is 0. The topological polar surface area (TPSA) is 52.6 Å². The molecule has 0 aromatic rings. The lowest BCUT2D eigenvalue weighted by Gasteiger charge is -2.26. The maximum atomic E-state index is 11.9. The largest absolute Gasteiger partial charge is 0.461 e. The highest BCUT2D eigenvalue weighted by Gasteiger charge is 2.44. The zero-order chi connectivity index (χ0) is 15.6. The second kappa shape index (κ2) is 6.29. The van der Waals surface area contributed by atoms with Crippen LogP contribution in [0.1, 0.15) is 40.0 Å². The van der Waals surface area contributed by atoms with Crippen molar-refractivity contribution in [1.29, 1.82) is 0 Å². The lowest BCUT2D eigenvalue weighted by atomic mass is 9.85. The smallest absolute Gasteiger partial charge is 0.334 e. The highest BCUT2D eigenvalue weighted by atomic mass is 16.6. The molecule has 0 spiro atoms. The summed E-state index contributed by atoms with van der Waals surface area (Å²) < 4.78 is 10.9. The SMILES string of the molecule is C=C1C(=O)O[C@H]2/C=C(\C)CC/C=C(\C)C[C@@H](OC(C)=O)[C@@H]12. The molecule has 1 aliphatic carbocycles. The summed E-state index contributed by atoms with van der Waals surface area (Å²) in [5.41, 5.74) is 2.71. The Kier molecular flexibility index (Phi) is 4.66. The molecule has 4 heteroatoms. The van der Waals surface area contributed by atoms with E-state index in [1.54, 1.807) is 0 Å². The van der Waals surface area contributed by atoms with Crippen molar-refractivity contribution in [3.8, 4) is 0 Å². The number of hydrogen-bond donors (Lipinski definition) is 0. The molecule has 1 heterocycles. The van der Waals surface area contributed by atoms with Crippen molar-refractivity contribution in [2.24, 2.45) is 5.92 Å². The molecule has 3 atom stereocenters. The maximum Gasteiger partial charge on any atom is 0.334 e. The normalized spacial score (nSPS) is 34.9. The Bertz CT molecular complexity index is 527. The van der Waals surface area contributed by atoms with Crippen LogP contribution in [0.4, 0.5) is 0 Å². The number of allylic oxidation sites excluding steroid dienone is 2. The first-order valence-electron chi connectivity index (χ1n) is 7.28. The molecule has 4 nitrogen and oxygen atoms in total. The van der Waals surface area contributed by atoms with E-state index in [-0.39, 0.29) is 18.0 Å². The first-order valence-corrected chi connectivity index (χ1v) is 7.28. The molecule has 2 aliphatic rings. The van der Waals surface area contributed by atoms with Gasteiger partial charge in [0.2, 0.25) is 0 Å². The number of hydrogen-bond acceptors (Lipinski definition) is 4. The van der Waals surface area contributed by atoms with Crippen molar-refractivity contribution in [3.63, 3.8) is 0 Å². The summed E-state index contributed by atoms with van der Waals surface area (Å²) in [6, 6.07) is 0. The molecule has 114 valence electrons. The van der Waals surface area contributed by atoms with Gasteiger partial charge in [-0.3, -0.25) is 4.79 Å². The Balaban J connectivity index is 2.39.